The highest BCUT2D eigenvalue weighted by Crippen LogP contribution is 2.29. The Morgan fingerprint density at radius 1 is 1.06 bits per heavy atom. The zero-order chi connectivity index (χ0) is 21.4. The summed E-state index contributed by atoms with van der Waals surface area (Å²) >= 11 is 6.30. The number of imidazole rings is 1. The van der Waals surface area contributed by atoms with Gasteiger partial charge in [0.25, 0.3) is 0 Å². The first-order valence-corrected chi connectivity index (χ1v) is 10.4. The molecule has 5 rings (SSSR count). The third-order valence-corrected chi connectivity index (χ3v) is 5.71. The van der Waals surface area contributed by atoms with Crippen molar-refractivity contribution >= 4 is 29.1 Å². The second kappa shape index (κ2) is 8.00. The molecule has 2 amide bonds. The number of urea groups is 1. The Bertz CT molecular complexity index is 1280. The largest absolute Gasteiger partial charge is 0.325 e. The molecule has 3 heterocycles. The third-order valence-electron chi connectivity index (χ3n) is 5.38. The number of benzene rings is 2. The van der Waals surface area contributed by atoms with Crippen molar-refractivity contribution in [1.29, 1.82) is 0 Å². The number of carbonyl (C=O) groups is 1. The first-order valence-electron chi connectivity index (χ1n) is 10.0. The van der Waals surface area contributed by atoms with E-state index in [1.54, 1.807) is 33.8 Å². The molecular weight excluding hydrogens is 417 g/mol. The van der Waals surface area contributed by atoms with Gasteiger partial charge in [-0.1, -0.05) is 29.8 Å². The number of aromatic nitrogens is 3. The maximum absolute atomic E-state index is 14.6. The second-order valence-electron chi connectivity index (χ2n) is 7.47. The molecule has 2 aromatic heterocycles. The van der Waals surface area contributed by atoms with E-state index in [4.69, 9.17) is 11.6 Å². The van der Waals surface area contributed by atoms with Crippen LogP contribution in [0.2, 0.25) is 5.02 Å². The quantitative estimate of drug-likeness (QED) is 0.463. The lowest BCUT2D eigenvalue weighted by Crippen LogP contribution is -2.32. The van der Waals surface area contributed by atoms with Gasteiger partial charge in [-0.15, -0.1) is 0 Å². The predicted octanol–water partition coefficient (Wildman–Crippen LogP) is 5.48. The second-order valence-corrected chi connectivity index (χ2v) is 7.88. The Balaban J connectivity index is 1.47. The van der Waals surface area contributed by atoms with Gasteiger partial charge in [-0.2, -0.15) is 0 Å². The average molecular weight is 436 g/mol. The molecule has 6 nitrogen and oxygen atoms in total. The van der Waals surface area contributed by atoms with Crippen molar-refractivity contribution in [3.8, 4) is 22.4 Å². The number of anilines is 1. The van der Waals surface area contributed by atoms with Crippen molar-refractivity contribution in [3.05, 3.63) is 71.9 Å². The maximum atomic E-state index is 14.6. The van der Waals surface area contributed by atoms with Gasteiger partial charge in [-0.25, -0.2) is 19.2 Å². The number of likely N-dealkylation sites (tertiary alicyclic amines) is 1. The van der Waals surface area contributed by atoms with Gasteiger partial charge in [-0.05, 0) is 37.1 Å². The molecule has 1 aliphatic heterocycles. The van der Waals surface area contributed by atoms with E-state index in [0.717, 1.165) is 37.1 Å². The molecular formula is C23H19ClFN5O. The van der Waals surface area contributed by atoms with Crippen LogP contribution in [0.15, 0.2) is 61.1 Å². The third kappa shape index (κ3) is 3.84. The number of fused-ring (bicyclic) bond motifs is 1. The molecule has 0 unspecified atom stereocenters. The smallest absolute Gasteiger partial charge is 0.321 e. The summed E-state index contributed by atoms with van der Waals surface area (Å²) in [6.07, 6.45) is 7.28. The molecule has 0 atom stereocenters. The van der Waals surface area contributed by atoms with E-state index < -0.39 is 5.82 Å². The molecule has 2 aromatic carbocycles. The summed E-state index contributed by atoms with van der Waals surface area (Å²) in [6.45, 7) is 1.48. The van der Waals surface area contributed by atoms with Crippen molar-refractivity contribution in [2.75, 3.05) is 18.4 Å². The molecule has 4 aromatic rings. The van der Waals surface area contributed by atoms with E-state index in [0.29, 0.717) is 27.7 Å². The summed E-state index contributed by atoms with van der Waals surface area (Å²) in [6, 6.07) is 11.8. The van der Waals surface area contributed by atoms with E-state index >= 15 is 0 Å². The number of nitrogens with one attached hydrogen (secondary N) is 1. The fourth-order valence-electron chi connectivity index (χ4n) is 3.77. The van der Waals surface area contributed by atoms with E-state index in [1.807, 2.05) is 30.5 Å². The van der Waals surface area contributed by atoms with E-state index in [-0.39, 0.29) is 6.03 Å². The fraction of sp³-hybridized carbons (Fsp3) is 0.174. The van der Waals surface area contributed by atoms with Crippen LogP contribution in [0.1, 0.15) is 12.8 Å². The molecule has 0 bridgehead atoms. The number of rotatable bonds is 3. The van der Waals surface area contributed by atoms with Crippen LogP contribution in [0.25, 0.3) is 28.2 Å². The summed E-state index contributed by atoms with van der Waals surface area (Å²) in [5, 5.41) is 3.47. The van der Waals surface area contributed by atoms with Crippen molar-refractivity contribution in [2.45, 2.75) is 12.8 Å². The number of hydrogen-bond acceptors (Lipinski definition) is 3. The molecule has 0 aliphatic carbocycles. The van der Waals surface area contributed by atoms with Crippen molar-refractivity contribution in [3.63, 3.8) is 0 Å². The molecule has 8 heteroatoms. The number of hydrogen-bond donors (Lipinski definition) is 1. The number of carbonyl (C=O) groups excluding carboxylic acids is 1. The topological polar surface area (TPSA) is 62.5 Å². The van der Waals surface area contributed by atoms with E-state index in [9.17, 15) is 9.18 Å². The van der Waals surface area contributed by atoms with Crippen LogP contribution >= 0.6 is 11.6 Å². The highest BCUT2D eigenvalue weighted by Gasteiger charge is 2.19. The first-order chi connectivity index (χ1) is 15.1. The zero-order valence-electron chi connectivity index (χ0n) is 16.6. The van der Waals surface area contributed by atoms with Gasteiger partial charge in [0.15, 0.2) is 0 Å². The zero-order valence-corrected chi connectivity index (χ0v) is 17.3. The lowest BCUT2D eigenvalue weighted by Gasteiger charge is -2.16. The number of halogens is 2. The molecule has 1 fully saturated rings. The monoisotopic (exact) mass is 435 g/mol. The van der Waals surface area contributed by atoms with Gasteiger partial charge >= 0.3 is 6.03 Å². The van der Waals surface area contributed by atoms with Crippen LogP contribution < -0.4 is 5.32 Å². The minimum atomic E-state index is -0.422. The average Bonchev–Trinajstić information content (AvgIpc) is 3.45. The molecule has 0 saturated carbocycles. The summed E-state index contributed by atoms with van der Waals surface area (Å²) in [5.41, 5.74) is 2.93. The molecule has 0 spiro atoms. The van der Waals surface area contributed by atoms with E-state index in [2.05, 4.69) is 15.3 Å². The Morgan fingerprint density at radius 3 is 2.68 bits per heavy atom. The first kappa shape index (κ1) is 19.5. The predicted molar refractivity (Wildman–Crippen MR) is 119 cm³/mol. The van der Waals surface area contributed by atoms with Gasteiger partial charge in [0.2, 0.25) is 5.78 Å². The molecule has 1 aliphatic rings. The van der Waals surface area contributed by atoms with Gasteiger partial charge in [0.1, 0.15) is 5.82 Å². The van der Waals surface area contributed by atoms with Gasteiger partial charge < -0.3 is 10.2 Å². The number of nitrogens with zero attached hydrogens (tertiary/aromatic N) is 4. The molecule has 1 N–H and O–H groups in total. The normalized spacial score (nSPS) is 13.7. The van der Waals surface area contributed by atoms with Crippen LogP contribution in [0.3, 0.4) is 0 Å². The van der Waals surface area contributed by atoms with Crippen molar-refractivity contribution in [1.82, 2.24) is 19.3 Å². The highest BCUT2D eigenvalue weighted by atomic mass is 35.5. The lowest BCUT2D eigenvalue weighted by molar-refractivity contribution is 0.222. The SMILES string of the molecule is O=C(Nc1ccc(F)c(-c2cn3cc(-c4ccccc4Cl)cnc3n2)c1)N1CCCC1. The molecule has 156 valence electrons. The molecule has 31 heavy (non-hydrogen) atoms. The summed E-state index contributed by atoms with van der Waals surface area (Å²) in [7, 11) is 0. The van der Waals surface area contributed by atoms with Crippen molar-refractivity contribution < 1.29 is 9.18 Å². The minimum absolute atomic E-state index is 0.170. The minimum Gasteiger partial charge on any atom is -0.325 e. The van der Waals surface area contributed by atoms with Gasteiger partial charge in [0, 0.05) is 59.1 Å². The highest BCUT2D eigenvalue weighted by molar-refractivity contribution is 6.33. The van der Waals surface area contributed by atoms with Crippen LogP contribution in [0, 0.1) is 5.82 Å². The van der Waals surface area contributed by atoms with Crippen molar-refractivity contribution in [2.24, 2.45) is 0 Å². The maximum Gasteiger partial charge on any atom is 0.321 e. The van der Waals surface area contributed by atoms with Gasteiger partial charge in [-0.3, -0.25) is 4.40 Å². The Labute approximate surface area is 183 Å². The number of amides is 2. The van der Waals surface area contributed by atoms with Crippen LogP contribution in [-0.4, -0.2) is 38.4 Å². The molecule has 0 radical (unpaired) electrons. The Kier molecular flexibility index (Phi) is 5.03. The fourth-order valence-corrected chi connectivity index (χ4v) is 4.02. The van der Waals surface area contributed by atoms with Crippen LogP contribution in [0.5, 0.6) is 0 Å². The standard InChI is InChI=1S/C23H19ClFN5O/c24-19-6-2-1-5-17(19)15-12-26-22-28-21(14-30(22)13-15)18-11-16(7-8-20(18)25)27-23(31)29-9-3-4-10-29/h1-2,5-8,11-14H,3-4,9-10H2,(H,27,31). The lowest BCUT2D eigenvalue weighted by atomic mass is 10.1. The van der Waals surface area contributed by atoms with Crippen LogP contribution in [0.4, 0.5) is 14.9 Å². The Hall–Kier alpha value is -3.45. The Morgan fingerprint density at radius 2 is 1.87 bits per heavy atom. The summed E-state index contributed by atoms with van der Waals surface area (Å²) in [4.78, 5) is 23.0. The van der Waals surface area contributed by atoms with E-state index in [1.165, 1.54) is 6.07 Å². The summed E-state index contributed by atoms with van der Waals surface area (Å²) in [5.74, 6) is 0.0191. The van der Waals surface area contributed by atoms with Crippen LogP contribution in [-0.2, 0) is 0 Å². The molecule has 1 saturated heterocycles. The summed E-state index contributed by atoms with van der Waals surface area (Å²) < 4.78 is 16.3. The van der Waals surface area contributed by atoms with Gasteiger partial charge in [0.05, 0.1) is 5.69 Å².